The molecule has 1 aromatic carbocycles. The number of phenolic OH excluding ortho intramolecular Hbond substituents is 1. The Morgan fingerprint density at radius 2 is 2.08 bits per heavy atom. The van der Waals surface area contributed by atoms with Crippen LogP contribution in [0.15, 0.2) is 12.1 Å². The Morgan fingerprint density at radius 1 is 1.33 bits per heavy atom. The minimum absolute atomic E-state index is 0.326. The molecule has 1 heterocycles. The van der Waals surface area contributed by atoms with Gasteiger partial charge in [0.1, 0.15) is 5.75 Å². The molecule has 0 atom stereocenters. The highest BCUT2D eigenvalue weighted by atomic mass is 16.3. The van der Waals surface area contributed by atoms with Crippen LogP contribution in [-0.2, 0) is 0 Å². The van der Waals surface area contributed by atoms with Gasteiger partial charge in [-0.05, 0) is 26.0 Å². The molecule has 2 aromatic rings. The summed E-state index contributed by atoms with van der Waals surface area (Å²) >= 11 is 0. The Kier molecular flexibility index (Phi) is 1.33. The van der Waals surface area contributed by atoms with E-state index in [0.29, 0.717) is 5.75 Å². The summed E-state index contributed by atoms with van der Waals surface area (Å²) in [5.41, 5.74) is 2.79. The number of aryl methyl sites for hydroxylation is 2. The predicted molar refractivity (Wildman–Crippen MR) is 47.2 cm³/mol. The van der Waals surface area contributed by atoms with E-state index in [1.54, 1.807) is 6.07 Å². The molecule has 0 unspecified atom stereocenters. The molecule has 3 nitrogen and oxygen atoms in total. The summed E-state index contributed by atoms with van der Waals surface area (Å²) in [6, 6.07) is 3.51. The van der Waals surface area contributed by atoms with Crippen molar-refractivity contribution in [2.24, 2.45) is 0 Å². The molecule has 0 aliphatic rings. The van der Waals surface area contributed by atoms with Gasteiger partial charge in [0.05, 0.1) is 11.2 Å². The molecule has 0 amide bonds. The number of nitrogens with zero attached hydrogens (tertiary/aromatic N) is 1. The Hall–Kier alpha value is -1.51. The zero-order valence-electron chi connectivity index (χ0n) is 7.05. The number of rotatable bonds is 0. The fourth-order valence-electron chi connectivity index (χ4n) is 1.46. The second-order valence-corrected chi connectivity index (χ2v) is 2.94. The van der Waals surface area contributed by atoms with Crippen LogP contribution >= 0.6 is 0 Å². The number of hydrogen-bond acceptors (Lipinski definition) is 2. The van der Waals surface area contributed by atoms with Gasteiger partial charge in [-0.15, -0.1) is 0 Å². The molecule has 0 aliphatic heterocycles. The summed E-state index contributed by atoms with van der Waals surface area (Å²) in [4.78, 5) is 0. The van der Waals surface area contributed by atoms with Crippen molar-refractivity contribution in [3.63, 3.8) is 0 Å². The maximum atomic E-state index is 9.42. The lowest BCUT2D eigenvalue weighted by atomic mass is 10.1. The van der Waals surface area contributed by atoms with Gasteiger partial charge in [-0.1, -0.05) is 0 Å². The first-order valence-corrected chi connectivity index (χ1v) is 3.83. The molecule has 0 spiro atoms. The van der Waals surface area contributed by atoms with E-state index in [1.165, 1.54) is 0 Å². The fourth-order valence-corrected chi connectivity index (χ4v) is 1.46. The van der Waals surface area contributed by atoms with Crippen LogP contribution in [0, 0.1) is 13.8 Å². The van der Waals surface area contributed by atoms with Gasteiger partial charge in [-0.3, -0.25) is 5.10 Å². The zero-order chi connectivity index (χ0) is 8.72. The SMILES string of the molecule is Cc1n[nH]c2ccc(O)c(C)c12. The molecule has 2 N–H and O–H groups in total. The quantitative estimate of drug-likeness (QED) is 0.621. The number of aromatic hydroxyl groups is 1. The van der Waals surface area contributed by atoms with Gasteiger partial charge in [0, 0.05) is 10.9 Å². The van der Waals surface area contributed by atoms with Crippen LogP contribution in [-0.4, -0.2) is 15.3 Å². The Labute approximate surface area is 70.0 Å². The maximum Gasteiger partial charge on any atom is 0.119 e. The van der Waals surface area contributed by atoms with Gasteiger partial charge in [-0.25, -0.2) is 0 Å². The molecular weight excluding hydrogens is 152 g/mol. The topological polar surface area (TPSA) is 48.9 Å². The molecule has 62 valence electrons. The number of benzene rings is 1. The van der Waals surface area contributed by atoms with Crippen LogP contribution in [0.25, 0.3) is 10.9 Å². The maximum absolute atomic E-state index is 9.42. The summed E-state index contributed by atoms with van der Waals surface area (Å²) in [6.45, 7) is 3.81. The van der Waals surface area contributed by atoms with E-state index in [9.17, 15) is 5.11 Å². The number of aromatic nitrogens is 2. The lowest BCUT2D eigenvalue weighted by Gasteiger charge is -1.99. The molecule has 3 heteroatoms. The first-order chi connectivity index (χ1) is 5.70. The minimum Gasteiger partial charge on any atom is -0.508 e. The Morgan fingerprint density at radius 3 is 2.83 bits per heavy atom. The molecule has 0 aliphatic carbocycles. The molecule has 2 rings (SSSR count). The molecule has 0 fully saturated rings. The zero-order valence-corrected chi connectivity index (χ0v) is 7.05. The van der Waals surface area contributed by atoms with Gasteiger partial charge in [-0.2, -0.15) is 5.10 Å². The second-order valence-electron chi connectivity index (χ2n) is 2.94. The van der Waals surface area contributed by atoms with Crippen molar-refractivity contribution in [3.05, 3.63) is 23.4 Å². The van der Waals surface area contributed by atoms with Crippen LogP contribution in [0.3, 0.4) is 0 Å². The van der Waals surface area contributed by atoms with Crippen LogP contribution in [0.1, 0.15) is 11.3 Å². The molecular formula is C9H10N2O. The number of fused-ring (bicyclic) bond motifs is 1. The first kappa shape index (κ1) is 7.16. The molecule has 0 radical (unpaired) electrons. The van der Waals surface area contributed by atoms with Crippen molar-refractivity contribution >= 4 is 10.9 Å². The van der Waals surface area contributed by atoms with Crippen molar-refractivity contribution in [1.82, 2.24) is 10.2 Å². The molecule has 12 heavy (non-hydrogen) atoms. The summed E-state index contributed by atoms with van der Waals surface area (Å²) in [7, 11) is 0. The van der Waals surface area contributed by atoms with Crippen molar-refractivity contribution in [2.75, 3.05) is 0 Å². The van der Waals surface area contributed by atoms with Gasteiger partial charge >= 0.3 is 0 Å². The average molecular weight is 162 g/mol. The van der Waals surface area contributed by atoms with Crippen LogP contribution in [0.4, 0.5) is 0 Å². The van der Waals surface area contributed by atoms with Gasteiger partial charge < -0.3 is 5.11 Å². The van der Waals surface area contributed by atoms with E-state index in [-0.39, 0.29) is 0 Å². The Bertz CT molecular complexity index is 431. The highest BCUT2D eigenvalue weighted by Crippen LogP contribution is 2.26. The van der Waals surface area contributed by atoms with E-state index < -0.39 is 0 Å². The van der Waals surface area contributed by atoms with E-state index in [2.05, 4.69) is 10.2 Å². The monoisotopic (exact) mass is 162 g/mol. The van der Waals surface area contributed by atoms with Gasteiger partial charge in [0.2, 0.25) is 0 Å². The van der Waals surface area contributed by atoms with E-state index in [1.807, 2.05) is 19.9 Å². The number of H-pyrrole nitrogens is 1. The van der Waals surface area contributed by atoms with Crippen molar-refractivity contribution in [3.8, 4) is 5.75 Å². The fraction of sp³-hybridized carbons (Fsp3) is 0.222. The number of aromatic amines is 1. The highest BCUT2D eigenvalue weighted by molar-refractivity contribution is 5.86. The molecule has 1 aromatic heterocycles. The number of phenols is 1. The largest absolute Gasteiger partial charge is 0.508 e. The lowest BCUT2D eigenvalue weighted by Crippen LogP contribution is -1.78. The normalized spacial score (nSPS) is 10.8. The Balaban J connectivity index is 2.96. The third kappa shape index (κ3) is 0.794. The number of nitrogens with one attached hydrogen (secondary N) is 1. The van der Waals surface area contributed by atoms with E-state index in [4.69, 9.17) is 0 Å². The van der Waals surface area contributed by atoms with E-state index >= 15 is 0 Å². The highest BCUT2D eigenvalue weighted by Gasteiger charge is 2.06. The number of hydrogen-bond donors (Lipinski definition) is 2. The third-order valence-corrected chi connectivity index (χ3v) is 2.14. The first-order valence-electron chi connectivity index (χ1n) is 3.83. The van der Waals surface area contributed by atoms with Crippen molar-refractivity contribution in [1.29, 1.82) is 0 Å². The van der Waals surface area contributed by atoms with Gasteiger partial charge in [0.25, 0.3) is 0 Å². The smallest absolute Gasteiger partial charge is 0.119 e. The predicted octanol–water partition coefficient (Wildman–Crippen LogP) is 1.89. The molecule has 0 saturated carbocycles. The van der Waals surface area contributed by atoms with Crippen LogP contribution < -0.4 is 0 Å². The van der Waals surface area contributed by atoms with Gasteiger partial charge in [0.15, 0.2) is 0 Å². The minimum atomic E-state index is 0.326. The lowest BCUT2D eigenvalue weighted by molar-refractivity contribution is 0.472. The summed E-state index contributed by atoms with van der Waals surface area (Å²) in [5.74, 6) is 0.326. The second kappa shape index (κ2) is 2.24. The standard InChI is InChI=1S/C9H10N2O/c1-5-8(12)4-3-7-9(5)6(2)10-11-7/h3-4,12H,1-2H3,(H,10,11). The average Bonchev–Trinajstić information content (AvgIpc) is 2.41. The summed E-state index contributed by atoms with van der Waals surface area (Å²) < 4.78 is 0. The molecule has 0 bridgehead atoms. The third-order valence-electron chi connectivity index (χ3n) is 2.14. The summed E-state index contributed by atoms with van der Waals surface area (Å²) in [6.07, 6.45) is 0. The van der Waals surface area contributed by atoms with Crippen molar-refractivity contribution < 1.29 is 5.11 Å². The van der Waals surface area contributed by atoms with Crippen molar-refractivity contribution in [2.45, 2.75) is 13.8 Å². The van der Waals surface area contributed by atoms with Crippen LogP contribution in [0.2, 0.25) is 0 Å². The van der Waals surface area contributed by atoms with Crippen LogP contribution in [0.5, 0.6) is 5.75 Å². The van der Waals surface area contributed by atoms with E-state index in [0.717, 1.165) is 22.2 Å². The summed E-state index contributed by atoms with van der Waals surface area (Å²) in [5, 5.41) is 17.4. The molecule has 0 saturated heterocycles.